The zero-order chi connectivity index (χ0) is 28.8. The molecule has 210 valence electrons. The molecule has 8 nitrogen and oxygen atoms in total. The lowest BCUT2D eigenvalue weighted by atomic mass is 9.96. The van der Waals surface area contributed by atoms with Gasteiger partial charge in [-0.15, -0.1) is 0 Å². The minimum absolute atomic E-state index is 0.217. The van der Waals surface area contributed by atoms with Crippen LogP contribution in [0.2, 0.25) is 0 Å². The number of esters is 1. The predicted octanol–water partition coefficient (Wildman–Crippen LogP) is 4.26. The number of benzene rings is 3. The van der Waals surface area contributed by atoms with Gasteiger partial charge in [0.05, 0.1) is 35.6 Å². The van der Waals surface area contributed by atoms with Gasteiger partial charge in [-0.25, -0.2) is 9.79 Å². The molecule has 1 unspecified atom stereocenters. The maximum Gasteiger partial charge on any atom is 0.338 e. The highest BCUT2D eigenvalue weighted by atomic mass is 32.1. The van der Waals surface area contributed by atoms with Crippen molar-refractivity contribution in [2.45, 2.75) is 19.9 Å². The van der Waals surface area contributed by atoms with Crippen molar-refractivity contribution in [1.82, 2.24) is 4.57 Å². The van der Waals surface area contributed by atoms with Gasteiger partial charge in [0.25, 0.3) is 5.56 Å². The Hall–Kier alpha value is -4.63. The fraction of sp³-hybridized carbons (Fsp3) is 0.219. The minimum atomic E-state index is -0.674. The van der Waals surface area contributed by atoms with Gasteiger partial charge < -0.3 is 18.9 Å². The number of allylic oxidation sites excluding steroid dienone is 1. The van der Waals surface area contributed by atoms with Crippen LogP contribution in [0, 0.1) is 0 Å². The Labute approximate surface area is 241 Å². The Balaban J connectivity index is 1.41. The summed E-state index contributed by atoms with van der Waals surface area (Å²) in [5.74, 6) is 1.69. The Morgan fingerprint density at radius 2 is 1.56 bits per heavy atom. The number of hydrogen-bond acceptors (Lipinski definition) is 8. The molecule has 0 radical (unpaired) electrons. The number of fused-ring (bicyclic) bond motifs is 1. The van der Waals surface area contributed by atoms with Crippen molar-refractivity contribution < 1.29 is 23.7 Å². The highest BCUT2D eigenvalue weighted by Crippen LogP contribution is 2.31. The molecule has 0 saturated carbocycles. The number of nitrogens with zero attached hydrogens (tertiary/aromatic N) is 2. The summed E-state index contributed by atoms with van der Waals surface area (Å²) >= 11 is 1.28. The van der Waals surface area contributed by atoms with Crippen molar-refractivity contribution in [3.63, 3.8) is 0 Å². The van der Waals surface area contributed by atoms with E-state index in [4.69, 9.17) is 18.9 Å². The molecule has 4 aromatic rings. The van der Waals surface area contributed by atoms with E-state index < -0.39 is 12.0 Å². The molecule has 0 amide bonds. The fourth-order valence-corrected chi connectivity index (χ4v) is 5.59. The van der Waals surface area contributed by atoms with E-state index in [1.54, 1.807) is 37.7 Å². The molecule has 0 bridgehead atoms. The number of thiazole rings is 1. The molecule has 1 aliphatic rings. The third-order valence-corrected chi connectivity index (χ3v) is 7.47. The third-order valence-electron chi connectivity index (χ3n) is 6.49. The van der Waals surface area contributed by atoms with Gasteiger partial charge >= 0.3 is 5.97 Å². The molecule has 0 saturated heterocycles. The van der Waals surface area contributed by atoms with Crippen LogP contribution in [0.1, 0.15) is 31.0 Å². The molecular weight excluding hydrogens is 540 g/mol. The highest BCUT2D eigenvalue weighted by Gasteiger charge is 2.33. The predicted molar refractivity (Wildman–Crippen MR) is 157 cm³/mol. The summed E-state index contributed by atoms with van der Waals surface area (Å²) in [6, 6.07) is 23.7. The number of aromatic nitrogens is 1. The van der Waals surface area contributed by atoms with E-state index in [2.05, 4.69) is 4.99 Å². The first-order valence-electron chi connectivity index (χ1n) is 13.2. The molecule has 3 aromatic carbocycles. The molecule has 0 fully saturated rings. The van der Waals surface area contributed by atoms with Gasteiger partial charge in [0.15, 0.2) is 4.80 Å². The van der Waals surface area contributed by atoms with Crippen molar-refractivity contribution in [2.75, 3.05) is 26.9 Å². The minimum Gasteiger partial charge on any atom is -0.497 e. The zero-order valence-electron chi connectivity index (χ0n) is 23.0. The topological polar surface area (TPSA) is 88.4 Å². The van der Waals surface area contributed by atoms with Gasteiger partial charge in [-0.3, -0.25) is 9.36 Å². The van der Waals surface area contributed by atoms with Gasteiger partial charge in [-0.1, -0.05) is 53.8 Å². The van der Waals surface area contributed by atoms with Gasteiger partial charge in [-0.05, 0) is 67.4 Å². The van der Waals surface area contributed by atoms with Crippen LogP contribution in [0.15, 0.2) is 99.9 Å². The van der Waals surface area contributed by atoms with Crippen LogP contribution in [-0.4, -0.2) is 37.5 Å². The van der Waals surface area contributed by atoms with Crippen LogP contribution < -0.4 is 29.1 Å². The molecule has 0 spiro atoms. The maximum absolute atomic E-state index is 13.8. The van der Waals surface area contributed by atoms with E-state index in [0.29, 0.717) is 45.3 Å². The van der Waals surface area contributed by atoms with Crippen LogP contribution in [0.5, 0.6) is 17.2 Å². The summed E-state index contributed by atoms with van der Waals surface area (Å²) in [6.07, 6.45) is 1.82. The van der Waals surface area contributed by atoms with Crippen molar-refractivity contribution >= 4 is 23.4 Å². The van der Waals surface area contributed by atoms with Gasteiger partial charge in [-0.2, -0.15) is 0 Å². The number of ether oxygens (including phenoxy) is 4. The Morgan fingerprint density at radius 1 is 0.927 bits per heavy atom. The first-order chi connectivity index (χ1) is 20.0. The van der Waals surface area contributed by atoms with Gasteiger partial charge in [0.1, 0.15) is 30.5 Å². The van der Waals surface area contributed by atoms with E-state index in [0.717, 1.165) is 16.9 Å². The van der Waals surface area contributed by atoms with Crippen LogP contribution in [0.4, 0.5) is 0 Å². The van der Waals surface area contributed by atoms with Crippen LogP contribution in [0.3, 0.4) is 0 Å². The quantitative estimate of drug-likeness (QED) is 0.209. The average Bonchev–Trinajstić information content (AvgIpc) is 3.30. The first kappa shape index (κ1) is 27.9. The Kier molecular flexibility index (Phi) is 8.64. The second kappa shape index (κ2) is 12.7. The number of carbonyl (C=O) groups is 1. The Morgan fingerprint density at radius 3 is 2.20 bits per heavy atom. The summed E-state index contributed by atoms with van der Waals surface area (Å²) in [6.45, 7) is 4.56. The second-order valence-electron chi connectivity index (χ2n) is 9.15. The first-order valence-corrected chi connectivity index (χ1v) is 14.0. The van der Waals surface area contributed by atoms with E-state index >= 15 is 0 Å². The van der Waals surface area contributed by atoms with E-state index in [9.17, 15) is 9.59 Å². The van der Waals surface area contributed by atoms with Gasteiger partial charge in [0.2, 0.25) is 0 Å². The number of carbonyl (C=O) groups excluding carboxylic acids is 1. The standard InChI is InChI=1S/C32H30N2O6S/c1-4-38-31(36)28-21(2)33-32-34(29(28)23-12-16-24(37-3)17-13-23)30(35)27(41-32)20-22-10-14-26(15-11-22)40-19-18-39-25-8-6-5-7-9-25/h5-17,20,29H,4,18-19H2,1-3H3/b27-20+. The number of rotatable bonds is 10. The maximum atomic E-state index is 13.8. The van der Waals surface area contributed by atoms with Crippen molar-refractivity contribution in [3.8, 4) is 17.2 Å². The SMILES string of the molecule is CCOC(=O)C1=C(C)N=c2s/c(=C/c3ccc(OCCOc4ccccc4)cc3)c(=O)n2C1c1ccc(OC)cc1. The normalized spacial score (nSPS) is 14.7. The molecule has 1 aromatic heterocycles. The average molecular weight is 571 g/mol. The molecule has 1 aliphatic heterocycles. The second-order valence-corrected chi connectivity index (χ2v) is 10.2. The summed E-state index contributed by atoms with van der Waals surface area (Å²) in [7, 11) is 1.59. The summed E-state index contributed by atoms with van der Waals surface area (Å²) in [4.78, 5) is 31.9. The summed E-state index contributed by atoms with van der Waals surface area (Å²) in [5.41, 5.74) is 2.23. The molecule has 0 N–H and O–H groups in total. The van der Waals surface area contributed by atoms with E-state index in [-0.39, 0.29) is 12.2 Å². The summed E-state index contributed by atoms with van der Waals surface area (Å²) in [5, 5.41) is 0. The molecule has 5 rings (SSSR count). The number of hydrogen-bond donors (Lipinski definition) is 0. The largest absolute Gasteiger partial charge is 0.497 e. The monoisotopic (exact) mass is 570 g/mol. The lowest BCUT2D eigenvalue weighted by molar-refractivity contribution is -0.139. The van der Waals surface area contributed by atoms with Crippen molar-refractivity contribution in [3.05, 3.63) is 121 Å². The molecule has 9 heteroatoms. The molecular formula is C32H30N2O6S. The van der Waals surface area contributed by atoms with Crippen molar-refractivity contribution in [2.24, 2.45) is 4.99 Å². The lowest BCUT2D eigenvalue weighted by Gasteiger charge is -2.24. The third kappa shape index (κ3) is 6.25. The van der Waals surface area contributed by atoms with Crippen LogP contribution in [-0.2, 0) is 9.53 Å². The smallest absolute Gasteiger partial charge is 0.338 e. The molecule has 2 heterocycles. The fourth-order valence-electron chi connectivity index (χ4n) is 4.54. The van der Waals surface area contributed by atoms with Gasteiger partial charge in [0, 0.05) is 0 Å². The Bertz CT molecular complexity index is 1720. The number of methoxy groups -OCH3 is 1. The molecule has 41 heavy (non-hydrogen) atoms. The lowest BCUT2D eigenvalue weighted by Crippen LogP contribution is -2.39. The number of para-hydroxylation sites is 1. The van der Waals surface area contributed by atoms with Crippen molar-refractivity contribution in [1.29, 1.82) is 0 Å². The highest BCUT2D eigenvalue weighted by molar-refractivity contribution is 7.07. The molecule has 0 aliphatic carbocycles. The van der Waals surface area contributed by atoms with Crippen LogP contribution >= 0.6 is 11.3 Å². The van der Waals surface area contributed by atoms with E-state index in [1.165, 1.54) is 11.3 Å². The molecule has 1 atom stereocenters. The summed E-state index contributed by atoms with van der Waals surface area (Å²) < 4.78 is 24.2. The van der Waals surface area contributed by atoms with Crippen LogP contribution in [0.25, 0.3) is 6.08 Å². The zero-order valence-corrected chi connectivity index (χ0v) is 23.9. The van der Waals surface area contributed by atoms with E-state index in [1.807, 2.05) is 72.8 Å².